The fourth-order valence-corrected chi connectivity index (χ4v) is 1.47. The Balaban J connectivity index is 0.00000162. The van der Waals surface area contributed by atoms with E-state index in [1.54, 1.807) is 0 Å². The van der Waals surface area contributed by atoms with E-state index in [-0.39, 0.29) is 42.4 Å². The van der Waals surface area contributed by atoms with Crippen molar-refractivity contribution in [3.8, 4) is 11.4 Å². The number of carbonyl (C=O) groups is 1. The standard InChI is InChI=1S/C12H12N2O3.Na/c1-8-3-2-4-9(7-8)12-13-10(17-14-12)5-6-11(15)16;/h2-4,7H,5-6H2,1H3,(H,15,16);/q;+1/p-1. The number of carboxylic acid groups (broad SMARTS) is 1. The summed E-state index contributed by atoms with van der Waals surface area (Å²) >= 11 is 0. The van der Waals surface area contributed by atoms with Gasteiger partial charge in [0.05, 0.1) is 0 Å². The molecule has 0 spiro atoms. The van der Waals surface area contributed by atoms with Crippen LogP contribution in [0.4, 0.5) is 0 Å². The van der Waals surface area contributed by atoms with E-state index in [2.05, 4.69) is 10.1 Å². The number of aryl methyl sites for hydroxylation is 2. The SMILES string of the molecule is Cc1cccc(-c2noc(CCC(=O)[O-])n2)c1.[Na+]. The molecule has 0 unspecified atom stereocenters. The smallest absolute Gasteiger partial charge is 0.550 e. The first kappa shape index (κ1) is 14.9. The number of carboxylic acids is 1. The minimum absolute atomic E-state index is 0. The van der Waals surface area contributed by atoms with Gasteiger partial charge in [-0.3, -0.25) is 0 Å². The number of aromatic nitrogens is 2. The van der Waals surface area contributed by atoms with Gasteiger partial charge in [0.15, 0.2) is 0 Å². The van der Waals surface area contributed by atoms with E-state index in [0.29, 0.717) is 11.7 Å². The first-order valence-corrected chi connectivity index (χ1v) is 5.24. The molecule has 88 valence electrons. The van der Waals surface area contributed by atoms with E-state index in [1.807, 2.05) is 31.2 Å². The number of nitrogens with zero attached hydrogens (tertiary/aromatic N) is 2. The van der Waals surface area contributed by atoms with E-state index in [1.165, 1.54) is 0 Å². The Morgan fingerprint density at radius 1 is 1.44 bits per heavy atom. The van der Waals surface area contributed by atoms with Crippen LogP contribution in [0.5, 0.6) is 0 Å². The number of hydrogen-bond acceptors (Lipinski definition) is 5. The number of rotatable bonds is 4. The molecule has 1 heterocycles. The van der Waals surface area contributed by atoms with Gasteiger partial charge < -0.3 is 14.4 Å². The second-order valence-corrected chi connectivity index (χ2v) is 3.75. The molecule has 1 aromatic heterocycles. The molecule has 0 fully saturated rings. The van der Waals surface area contributed by atoms with Crippen molar-refractivity contribution in [3.63, 3.8) is 0 Å². The molecule has 0 N–H and O–H groups in total. The summed E-state index contributed by atoms with van der Waals surface area (Å²) in [5.74, 6) is -0.340. The van der Waals surface area contributed by atoms with Crippen molar-refractivity contribution in [3.05, 3.63) is 35.7 Å². The summed E-state index contributed by atoms with van der Waals surface area (Å²) in [4.78, 5) is 14.4. The molecule has 2 aromatic rings. The molecule has 0 bridgehead atoms. The van der Waals surface area contributed by atoms with Gasteiger partial charge in [-0.05, 0) is 19.4 Å². The van der Waals surface area contributed by atoms with Gasteiger partial charge in [0.2, 0.25) is 11.7 Å². The Morgan fingerprint density at radius 3 is 2.89 bits per heavy atom. The Hall–Kier alpha value is -1.17. The summed E-state index contributed by atoms with van der Waals surface area (Å²) in [5, 5.41) is 14.1. The average Bonchev–Trinajstić information content (AvgIpc) is 2.75. The molecule has 5 nitrogen and oxygen atoms in total. The third-order valence-corrected chi connectivity index (χ3v) is 2.29. The maximum absolute atomic E-state index is 10.3. The Labute approximate surface area is 127 Å². The maximum atomic E-state index is 10.3. The van der Waals surface area contributed by atoms with Gasteiger partial charge in [0, 0.05) is 18.0 Å². The summed E-state index contributed by atoms with van der Waals surface area (Å²) in [6.07, 6.45) is 0.0800. The van der Waals surface area contributed by atoms with E-state index < -0.39 is 5.97 Å². The van der Waals surface area contributed by atoms with Gasteiger partial charge in [-0.25, -0.2) is 0 Å². The predicted molar refractivity (Wildman–Crippen MR) is 57.8 cm³/mol. The van der Waals surface area contributed by atoms with Crippen LogP contribution >= 0.6 is 0 Å². The van der Waals surface area contributed by atoms with Gasteiger partial charge in [-0.1, -0.05) is 28.9 Å². The Morgan fingerprint density at radius 2 is 2.22 bits per heavy atom. The van der Waals surface area contributed by atoms with Crippen molar-refractivity contribution < 1.29 is 44.0 Å². The van der Waals surface area contributed by atoms with Crippen LogP contribution in [0.2, 0.25) is 0 Å². The van der Waals surface area contributed by atoms with E-state index in [4.69, 9.17) is 4.52 Å². The Kier molecular flexibility index (Phi) is 5.53. The Bertz CT molecular complexity index is 540. The van der Waals surface area contributed by atoms with Gasteiger partial charge in [-0.15, -0.1) is 0 Å². The van der Waals surface area contributed by atoms with Gasteiger partial charge in [0.1, 0.15) is 0 Å². The number of benzene rings is 1. The van der Waals surface area contributed by atoms with Gasteiger partial charge >= 0.3 is 29.6 Å². The van der Waals surface area contributed by atoms with Gasteiger partial charge in [-0.2, -0.15) is 4.98 Å². The summed E-state index contributed by atoms with van der Waals surface area (Å²) in [5.41, 5.74) is 1.96. The van der Waals surface area contributed by atoms with Crippen LogP contribution in [0.1, 0.15) is 17.9 Å². The second-order valence-electron chi connectivity index (χ2n) is 3.75. The molecule has 0 aliphatic rings. The van der Waals surface area contributed by atoms with E-state index >= 15 is 0 Å². The molecule has 1 aromatic carbocycles. The summed E-state index contributed by atoms with van der Waals surface area (Å²) in [6, 6.07) is 7.69. The van der Waals surface area contributed by atoms with Crippen molar-refractivity contribution in [1.82, 2.24) is 10.1 Å². The topological polar surface area (TPSA) is 79.0 Å². The van der Waals surface area contributed by atoms with Crippen LogP contribution in [0.25, 0.3) is 11.4 Å². The monoisotopic (exact) mass is 254 g/mol. The fraction of sp³-hybridized carbons (Fsp3) is 0.250. The molecule has 0 aliphatic carbocycles. The van der Waals surface area contributed by atoms with Crippen LogP contribution in [-0.4, -0.2) is 16.1 Å². The fourth-order valence-electron chi connectivity index (χ4n) is 1.47. The van der Waals surface area contributed by atoms with Crippen molar-refractivity contribution >= 4 is 5.97 Å². The first-order chi connectivity index (χ1) is 8.15. The minimum atomic E-state index is -1.12. The van der Waals surface area contributed by atoms with Crippen molar-refractivity contribution in [2.24, 2.45) is 0 Å². The van der Waals surface area contributed by atoms with Crippen molar-refractivity contribution in [2.75, 3.05) is 0 Å². The molecule has 0 aliphatic heterocycles. The zero-order chi connectivity index (χ0) is 12.3. The third-order valence-electron chi connectivity index (χ3n) is 2.29. The number of aliphatic carboxylic acids is 1. The zero-order valence-corrected chi connectivity index (χ0v) is 12.3. The van der Waals surface area contributed by atoms with E-state index in [9.17, 15) is 9.90 Å². The largest absolute Gasteiger partial charge is 1.00 e. The average molecular weight is 254 g/mol. The summed E-state index contributed by atoms with van der Waals surface area (Å²) < 4.78 is 4.96. The molecule has 0 saturated heterocycles. The van der Waals surface area contributed by atoms with Crippen LogP contribution < -0.4 is 34.7 Å². The van der Waals surface area contributed by atoms with Gasteiger partial charge in [0.25, 0.3) is 0 Å². The second kappa shape index (κ2) is 6.68. The normalized spacial score (nSPS) is 9.83. The molecule has 6 heteroatoms. The van der Waals surface area contributed by atoms with Crippen molar-refractivity contribution in [1.29, 1.82) is 0 Å². The van der Waals surface area contributed by atoms with Crippen LogP contribution in [0.3, 0.4) is 0 Å². The maximum Gasteiger partial charge on any atom is 1.00 e. The van der Waals surface area contributed by atoms with Crippen LogP contribution in [0.15, 0.2) is 28.8 Å². The molecule has 2 rings (SSSR count). The van der Waals surface area contributed by atoms with Crippen LogP contribution in [0, 0.1) is 6.92 Å². The molecule has 18 heavy (non-hydrogen) atoms. The molecule has 0 atom stereocenters. The number of carbonyl (C=O) groups excluding carboxylic acids is 1. The molecular formula is C12H11N2NaO3. The van der Waals surface area contributed by atoms with E-state index in [0.717, 1.165) is 11.1 Å². The third kappa shape index (κ3) is 3.94. The minimum Gasteiger partial charge on any atom is -0.550 e. The van der Waals surface area contributed by atoms with Crippen molar-refractivity contribution in [2.45, 2.75) is 19.8 Å². The summed E-state index contributed by atoms with van der Waals surface area (Å²) in [7, 11) is 0. The quantitative estimate of drug-likeness (QED) is 0.575. The predicted octanol–water partition coefficient (Wildman–Crippen LogP) is -2.27. The van der Waals surface area contributed by atoms with Crippen LogP contribution in [-0.2, 0) is 11.2 Å². The molecular weight excluding hydrogens is 243 g/mol. The molecule has 0 radical (unpaired) electrons. The molecule has 0 amide bonds. The molecule has 0 saturated carbocycles. The zero-order valence-electron chi connectivity index (χ0n) is 10.3. The number of hydrogen-bond donors (Lipinski definition) is 0. The first-order valence-electron chi connectivity index (χ1n) is 5.24. The summed E-state index contributed by atoms with van der Waals surface area (Å²) in [6.45, 7) is 1.97.